The van der Waals surface area contributed by atoms with Gasteiger partial charge in [-0.25, -0.2) is 0 Å². The topological polar surface area (TPSA) is 55.1 Å². The van der Waals surface area contributed by atoms with Crippen LogP contribution in [0.2, 0.25) is 0 Å². The first-order chi connectivity index (χ1) is 16.8. The lowest BCUT2D eigenvalue weighted by Crippen LogP contribution is -2.23. The lowest BCUT2D eigenvalue weighted by Gasteiger charge is -2.31. The van der Waals surface area contributed by atoms with Crippen LogP contribution in [0.3, 0.4) is 0 Å². The number of pyridine rings is 1. The fourth-order valence-electron chi connectivity index (χ4n) is 5.91. The van der Waals surface area contributed by atoms with Crippen molar-refractivity contribution >= 4 is 5.97 Å². The molecule has 0 bridgehead atoms. The van der Waals surface area contributed by atoms with E-state index in [1.54, 1.807) is 0 Å². The Bertz CT molecular complexity index is 1140. The van der Waals surface area contributed by atoms with Crippen molar-refractivity contribution in [3.63, 3.8) is 0 Å². The van der Waals surface area contributed by atoms with Gasteiger partial charge in [0.25, 0.3) is 0 Å². The molecule has 1 aliphatic rings. The molecule has 1 N–H and O–H groups in total. The Kier molecular flexibility index (Phi) is 7.78. The van der Waals surface area contributed by atoms with E-state index in [2.05, 4.69) is 80.6 Å². The van der Waals surface area contributed by atoms with E-state index in [9.17, 15) is 9.90 Å². The maximum Gasteiger partial charge on any atom is 0.304 e. The number of nitrogens with zero attached hydrogens (tertiary/aromatic N) is 2. The highest BCUT2D eigenvalue weighted by Crippen LogP contribution is 2.48. The molecular weight excluding hydrogens is 432 g/mol. The number of aryl methyl sites for hydroxylation is 1. The average molecular weight is 473 g/mol. The maximum absolute atomic E-state index is 12.0. The van der Waals surface area contributed by atoms with Crippen molar-refractivity contribution in [2.45, 2.75) is 91.0 Å². The second-order valence-corrected chi connectivity index (χ2v) is 11.0. The number of aromatic nitrogens is 2. The number of carbonyl (C=O) groups is 1. The first kappa shape index (κ1) is 25.2. The van der Waals surface area contributed by atoms with Crippen LogP contribution in [0.5, 0.6) is 0 Å². The summed E-state index contributed by atoms with van der Waals surface area (Å²) < 4.78 is 2.59. The van der Waals surface area contributed by atoms with E-state index in [0.717, 1.165) is 32.1 Å². The molecule has 4 rings (SSSR count). The fraction of sp³-hybridized carbons (Fsp3) is 0.484. The van der Waals surface area contributed by atoms with E-state index in [4.69, 9.17) is 0 Å². The summed E-state index contributed by atoms with van der Waals surface area (Å²) in [6.45, 7) is 11.3. The smallest absolute Gasteiger partial charge is 0.304 e. The van der Waals surface area contributed by atoms with Crippen LogP contribution in [-0.4, -0.2) is 20.6 Å². The predicted molar refractivity (Wildman–Crippen MR) is 143 cm³/mol. The molecule has 3 aromatic rings. The van der Waals surface area contributed by atoms with Crippen LogP contribution in [0, 0.1) is 12.8 Å². The molecule has 0 radical (unpaired) electrons. The molecule has 4 nitrogen and oxygen atoms in total. The second-order valence-electron chi connectivity index (χ2n) is 11.0. The number of hydrogen-bond acceptors (Lipinski definition) is 2. The molecule has 2 aromatic heterocycles. The van der Waals surface area contributed by atoms with E-state index in [1.807, 2.05) is 12.4 Å². The number of carboxylic acids is 1. The Balaban J connectivity index is 2.03. The molecule has 4 heteroatoms. The summed E-state index contributed by atoms with van der Waals surface area (Å²) in [5.74, 6) is 0.241. The van der Waals surface area contributed by atoms with Crippen LogP contribution in [0.15, 0.2) is 48.8 Å². The molecule has 1 aliphatic carbocycles. The van der Waals surface area contributed by atoms with Gasteiger partial charge in [-0.3, -0.25) is 9.78 Å². The standard InChI is InChI=1S/C31H40N2O2/c1-20(2)9-14-27(23-12-10-22(5)11-13-23)33-30(21(3)4)29(24-15-17-32-18-16-24)26-8-6-7-25(31(26)33)19-28(34)35/h10-13,15-18,20-21,25,27H,6-9,14,19H2,1-5H3,(H,34,35)/t25?,27-/m0/s1. The zero-order valence-corrected chi connectivity index (χ0v) is 21.9. The Hall–Kier alpha value is -2.88. The lowest BCUT2D eigenvalue weighted by atomic mass is 9.82. The molecule has 2 heterocycles. The normalized spacial score (nSPS) is 16.5. The van der Waals surface area contributed by atoms with Crippen LogP contribution in [-0.2, 0) is 11.2 Å². The number of carboxylic acid groups (broad SMARTS) is 1. The highest BCUT2D eigenvalue weighted by molar-refractivity contribution is 5.75. The summed E-state index contributed by atoms with van der Waals surface area (Å²) in [7, 11) is 0. The molecule has 0 amide bonds. The molecule has 186 valence electrons. The number of benzene rings is 1. The SMILES string of the molecule is Cc1ccc([C@H](CCC(C)C)n2c(C(C)C)c(-c3ccncc3)c3c2C(CC(=O)O)CCC3)cc1. The van der Waals surface area contributed by atoms with Gasteiger partial charge in [-0.15, -0.1) is 0 Å². The van der Waals surface area contributed by atoms with Gasteiger partial charge in [-0.05, 0) is 79.7 Å². The van der Waals surface area contributed by atoms with Crippen molar-refractivity contribution < 1.29 is 9.90 Å². The largest absolute Gasteiger partial charge is 0.481 e. The van der Waals surface area contributed by atoms with Crippen molar-refractivity contribution in [1.82, 2.24) is 9.55 Å². The van der Waals surface area contributed by atoms with E-state index in [-0.39, 0.29) is 18.4 Å². The minimum atomic E-state index is -0.707. The van der Waals surface area contributed by atoms with Gasteiger partial charge in [0.2, 0.25) is 0 Å². The number of aliphatic carboxylic acids is 1. The quantitative estimate of drug-likeness (QED) is 0.344. The van der Waals surface area contributed by atoms with Crippen LogP contribution in [0.25, 0.3) is 11.1 Å². The summed E-state index contributed by atoms with van der Waals surface area (Å²) in [6.07, 6.45) is 9.06. The molecule has 35 heavy (non-hydrogen) atoms. The summed E-state index contributed by atoms with van der Waals surface area (Å²) in [4.78, 5) is 16.2. The third kappa shape index (κ3) is 5.37. The molecular formula is C31H40N2O2. The number of hydrogen-bond donors (Lipinski definition) is 1. The van der Waals surface area contributed by atoms with Gasteiger partial charge in [0.1, 0.15) is 0 Å². The Morgan fingerprint density at radius 3 is 2.34 bits per heavy atom. The number of rotatable bonds is 9. The fourth-order valence-corrected chi connectivity index (χ4v) is 5.91. The van der Waals surface area contributed by atoms with Crippen molar-refractivity contribution in [3.8, 4) is 11.1 Å². The lowest BCUT2D eigenvalue weighted by molar-refractivity contribution is -0.137. The van der Waals surface area contributed by atoms with Crippen molar-refractivity contribution in [2.75, 3.05) is 0 Å². The molecule has 2 atom stereocenters. The number of fused-ring (bicyclic) bond motifs is 1. The first-order valence-corrected chi connectivity index (χ1v) is 13.2. The van der Waals surface area contributed by atoms with Crippen LogP contribution in [0.4, 0.5) is 0 Å². The molecule has 0 spiro atoms. The van der Waals surface area contributed by atoms with Gasteiger partial charge < -0.3 is 9.67 Å². The third-order valence-electron chi connectivity index (χ3n) is 7.48. The van der Waals surface area contributed by atoms with Crippen LogP contribution < -0.4 is 0 Å². The van der Waals surface area contributed by atoms with E-state index >= 15 is 0 Å². The minimum Gasteiger partial charge on any atom is -0.481 e. The monoisotopic (exact) mass is 472 g/mol. The zero-order valence-electron chi connectivity index (χ0n) is 21.9. The Morgan fingerprint density at radius 2 is 1.74 bits per heavy atom. The highest BCUT2D eigenvalue weighted by Gasteiger charge is 2.35. The van der Waals surface area contributed by atoms with Gasteiger partial charge >= 0.3 is 5.97 Å². The van der Waals surface area contributed by atoms with Gasteiger partial charge in [0.05, 0.1) is 12.5 Å². The highest BCUT2D eigenvalue weighted by atomic mass is 16.4. The molecule has 0 saturated heterocycles. The van der Waals surface area contributed by atoms with Crippen LogP contribution >= 0.6 is 0 Å². The molecule has 1 aromatic carbocycles. The van der Waals surface area contributed by atoms with E-state index < -0.39 is 5.97 Å². The van der Waals surface area contributed by atoms with E-state index in [0.29, 0.717) is 11.8 Å². The Labute approximate surface area is 210 Å². The maximum atomic E-state index is 12.0. The van der Waals surface area contributed by atoms with Gasteiger partial charge in [-0.1, -0.05) is 57.5 Å². The van der Waals surface area contributed by atoms with E-state index in [1.165, 1.54) is 39.2 Å². The predicted octanol–water partition coefficient (Wildman–Crippen LogP) is 7.90. The van der Waals surface area contributed by atoms with Gasteiger partial charge in [0, 0.05) is 35.3 Å². The first-order valence-electron chi connectivity index (χ1n) is 13.2. The van der Waals surface area contributed by atoms with Crippen molar-refractivity contribution in [3.05, 3.63) is 76.9 Å². The van der Waals surface area contributed by atoms with Gasteiger partial charge in [0.15, 0.2) is 0 Å². The second kappa shape index (κ2) is 10.8. The van der Waals surface area contributed by atoms with Gasteiger partial charge in [-0.2, -0.15) is 0 Å². The van der Waals surface area contributed by atoms with Crippen LogP contribution in [0.1, 0.15) is 106 Å². The van der Waals surface area contributed by atoms with Crippen molar-refractivity contribution in [1.29, 1.82) is 0 Å². The van der Waals surface area contributed by atoms with Crippen molar-refractivity contribution in [2.24, 2.45) is 5.92 Å². The third-order valence-corrected chi connectivity index (χ3v) is 7.48. The molecule has 0 aliphatic heterocycles. The average Bonchev–Trinajstić information content (AvgIpc) is 3.17. The summed E-state index contributed by atoms with van der Waals surface area (Å²) >= 11 is 0. The summed E-state index contributed by atoms with van der Waals surface area (Å²) in [6, 6.07) is 13.4. The summed E-state index contributed by atoms with van der Waals surface area (Å²) in [5.41, 5.74) is 9.05. The molecule has 0 fully saturated rings. The summed E-state index contributed by atoms with van der Waals surface area (Å²) in [5, 5.41) is 9.83. The minimum absolute atomic E-state index is 0.0383. The Morgan fingerprint density at radius 1 is 1.06 bits per heavy atom. The molecule has 1 unspecified atom stereocenters. The zero-order chi connectivity index (χ0) is 25.1. The molecule has 0 saturated carbocycles.